The monoisotopic (exact) mass is 201 g/mol. The largest absolute Gasteiger partial charge is 0.416 e. The summed E-state index contributed by atoms with van der Waals surface area (Å²) in [5.41, 5.74) is 0.104. The van der Waals surface area contributed by atoms with Gasteiger partial charge in [0.15, 0.2) is 0 Å². The molecule has 0 aromatic heterocycles. The molecule has 0 heterocycles. The highest BCUT2D eigenvalue weighted by molar-refractivity contribution is 5.24. The van der Waals surface area contributed by atoms with Gasteiger partial charge in [0.2, 0.25) is 0 Å². The van der Waals surface area contributed by atoms with Crippen molar-refractivity contribution in [1.29, 1.82) is 0 Å². The second-order valence-electron chi connectivity index (χ2n) is 3.23. The fraction of sp³-hybridized carbons (Fsp3) is 0.455. The highest BCUT2D eigenvalue weighted by atomic mass is 19.4. The fourth-order valence-corrected chi connectivity index (χ4v) is 1.21. The Morgan fingerprint density at radius 1 is 1.29 bits per heavy atom. The molecule has 0 aliphatic rings. The Morgan fingerprint density at radius 3 is 2.57 bits per heavy atom. The lowest BCUT2D eigenvalue weighted by Gasteiger charge is -2.07. The summed E-state index contributed by atoms with van der Waals surface area (Å²) in [7, 11) is 0. The van der Waals surface area contributed by atoms with Crippen LogP contribution in [0.15, 0.2) is 18.2 Å². The van der Waals surface area contributed by atoms with E-state index in [0.717, 1.165) is 18.9 Å². The molecule has 14 heavy (non-hydrogen) atoms. The molecule has 0 unspecified atom stereocenters. The smallest absolute Gasteiger partial charge is 0.166 e. The van der Waals surface area contributed by atoms with E-state index < -0.39 is 11.7 Å². The quantitative estimate of drug-likeness (QED) is 0.696. The predicted octanol–water partition coefficient (Wildman–Crippen LogP) is 3.85. The van der Waals surface area contributed by atoms with Gasteiger partial charge in [-0.05, 0) is 36.6 Å². The predicted molar refractivity (Wildman–Crippen MR) is 48.9 cm³/mol. The Morgan fingerprint density at radius 2 is 2.00 bits per heavy atom. The van der Waals surface area contributed by atoms with Crippen LogP contribution in [0, 0.1) is 6.07 Å². The summed E-state index contributed by atoms with van der Waals surface area (Å²) in [5.74, 6) is 0. The van der Waals surface area contributed by atoms with E-state index in [1.54, 1.807) is 6.07 Å². The van der Waals surface area contributed by atoms with Crippen molar-refractivity contribution in [3.63, 3.8) is 0 Å². The number of rotatable bonds is 3. The molecule has 0 bridgehead atoms. The van der Waals surface area contributed by atoms with Gasteiger partial charge in [-0.15, -0.1) is 0 Å². The molecule has 0 aliphatic carbocycles. The number of aryl methyl sites for hydroxylation is 1. The number of benzene rings is 1. The molecule has 0 saturated carbocycles. The number of unbranched alkanes of at least 4 members (excludes halogenated alkanes) is 1. The maximum Gasteiger partial charge on any atom is 0.416 e. The zero-order valence-corrected chi connectivity index (χ0v) is 7.99. The van der Waals surface area contributed by atoms with Gasteiger partial charge in [0, 0.05) is 0 Å². The second-order valence-corrected chi connectivity index (χ2v) is 3.23. The average Bonchev–Trinajstić information content (AvgIpc) is 2.14. The molecule has 0 amide bonds. The third-order valence-corrected chi connectivity index (χ3v) is 1.99. The number of alkyl halides is 3. The molecule has 0 spiro atoms. The summed E-state index contributed by atoms with van der Waals surface area (Å²) in [4.78, 5) is 0. The van der Waals surface area contributed by atoms with Crippen molar-refractivity contribution in [3.8, 4) is 0 Å². The van der Waals surface area contributed by atoms with Crippen LogP contribution in [-0.4, -0.2) is 0 Å². The van der Waals surface area contributed by atoms with Crippen LogP contribution >= 0.6 is 0 Å². The summed E-state index contributed by atoms with van der Waals surface area (Å²) < 4.78 is 36.8. The van der Waals surface area contributed by atoms with Crippen LogP contribution in [-0.2, 0) is 12.6 Å². The summed E-state index contributed by atoms with van der Waals surface area (Å²) in [5, 5.41) is 0. The number of hydrogen-bond donors (Lipinski definition) is 0. The van der Waals surface area contributed by atoms with Crippen molar-refractivity contribution < 1.29 is 13.2 Å². The third-order valence-electron chi connectivity index (χ3n) is 1.99. The Bertz CT molecular complexity index is 289. The molecule has 0 aliphatic heterocycles. The van der Waals surface area contributed by atoms with E-state index in [9.17, 15) is 13.2 Å². The summed E-state index contributed by atoms with van der Waals surface area (Å²) in [6, 6.07) is 6.32. The maximum atomic E-state index is 12.3. The van der Waals surface area contributed by atoms with Crippen LogP contribution in [0.2, 0.25) is 0 Å². The molecular weight excluding hydrogens is 189 g/mol. The van der Waals surface area contributed by atoms with Gasteiger partial charge >= 0.3 is 6.18 Å². The second kappa shape index (κ2) is 4.49. The van der Waals surface area contributed by atoms with Gasteiger partial charge in [0.05, 0.1) is 5.56 Å². The van der Waals surface area contributed by atoms with E-state index in [0.29, 0.717) is 12.0 Å². The van der Waals surface area contributed by atoms with Crippen molar-refractivity contribution in [2.24, 2.45) is 0 Å². The van der Waals surface area contributed by atoms with E-state index in [1.807, 2.05) is 6.92 Å². The Balaban J connectivity index is 2.79. The molecule has 0 fully saturated rings. The molecule has 1 radical (unpaired) electrons. The topological polar surface area (TPSA) is 0 Å². The normalized spacial score (nSPS) is 11.7. The minimum Gasteiger partial charge on any atom is -0.166 e. The van der Waals surface area contributed by atoms with Crippen molar-refractivity contribution in [3.05, 3.63) is 35.4 Å². The molecule has 0 nitrogen and oxygen atoms in total. The van der Waals surface area contributed by atoms with Crippen molar-refractivity contribution in [2.75, 3.05) is 0 Å². The zero-order chi connectivity index (χ0) is 10.6. The molecule has 0 N–H and O–H groups in total. The summed E-state index contributed by atoms with van der Waals surface area (Å²) in [6.45, 7) is 2.01. The summed E-state index contributed by atoms with van der Waals surface area (Å²) in [6.07, 6.45) is -1.67. The first kappa shape index (κ1) is 11.1. The minimum absolute atomic E-state index is 0.605. The van der Waals surface area contributed by atoms with Gasteiger partial charge in [-0.3, -0.25) is 0 Å². The lowest BCUT2D eigenvalue weighted by atomic mass is 10.1. The van der Waals surface area contributed by atoms with Crippen LogP contribution in [0.1, 0.15) is 30.9 Å². The Hall–Kier alpha value is -0.990. The highest BCUT2D eigenvalue weighted by Gasteiger charge is 2.30. The van der Waals surface area contributed by atoms with Gasteiger partial charge in [-0.25, -0.2) is 0 Å². The van der Waals surface area contributed by atoms with Crippen LogP contribution in [0.25, 0.3) is 0 Å². The fourth-order valence-electron chi connectivity index (χ4n) is 1.21. The molecule has 1 rings (SSSR count). The van der Waals surface area contributed by atoms with E-state index in [4.69, 9.17) is 0 Å². The van der Waals surface area contributed by atoms with Gasteiger partial charge in [-0.2, -0.15) is 13.2 Å². The van der Waals surface area contributed by atoms with E-state index in [2.05, 4.69) is 6.07 Å². The molecule has 1 aromatic rings. The van der Waals surface area contributed by atoms with Gasteiger partial charge in [0.1, 0.15) is 0 Å². The molecular formula is C11H12F3. The van der Waals surface area contributed by atoms with E-state index in [1.165, 1.54) is 6.07 Å². The summed E-state index contributed by atoms with van der Waals surface area (Å²) >= 11 is 0. The Labute approximate surface area is 81.8 Å². The molecule has 3 heteroatoms. The van der Waals surface area contributed by atoms with Gasteiger partial charge in [0.25, 0.3) is 0 Å². The van der Waals surface area contributed by atoms with E-state index >= 15 is 0 Å². The van der Waals surface area contributed by atoms with Crippen molar-refractivity contribution >= 4 is 0 Å². The van der Waals surface area contributed by atoms with Crippen LogP contribution in [0.5, 0.6) is 0 Å². The van der Waals surface area contributed by atoms with E-state index in [-0.39, 0.29) is 0 Å². The van der Waals surface area contributed by atoms with Gasteiger partial charge in [-0.1, -0.05) is 19.4 Å². The van der Waals surface area contributed by atoms with Crippen molar-refractivity contribution in [1.82, 2.24) is 0 Å². The molecule has 0 saturated heterocycles. The first-order valence-electron chi connectivity index (χ1n) is 4.61. The van der Waals surface area contributed by atoms with Gasteiger partial charge < -0.3 is 0 Å². The average molecular weight is 201 g/mol. The van der Waals surface area contributed by atoms with Crippen molar-refractivity contribution in [2.45, 2.75) is 32.4 Å². The first-order chi connectivity index (χ1) is 6.54. The zero-order valence-electron chi connectivity index (χ0n) is 7.99. The molecule has 1 aromatic carbocycles. The molecule has 0 atom stereocenters. The third kappa shape index (κ3) is 3.05. The standard InChI is InChI=1S/C11H12F3/c1-2-3-5-9-6-4-7-10(8-9)11(12,13)14/h6-8H,2-3,5H2,1H3. The molecule has 77 valence electrons. The first-order valence-corrected chi connectivity index (χ1v) is 4.61. The highest BCUT2D eigenvalue weighted by Crippen LogP contribution is 2.29. The number of hydrogen-bond acceptors (Lipinski definition) is 0. The van der Waals surface area contributed by atoms with Crippen LogP contribution in [0.4, 0.5) is 13.2 Å². The number of halogens is 3. The Kier molecular flexibility index (Phi) is 3.55. The van der Waals surface area contributed by atoms with Crippen LogP contribution < -0.4 is 0 Å². The lowest BCUT2D eigenvalue weighted by molar-refractivity contribution is -0.137. The minimum atomic E-state index is -4.25. The SMILES string of the molecule is CCCCc1c[c]cc(C(F)(F)F)c1. The maximum absolute atomic E-state index is 12.3. The lowest BCUT2D eigenvalue weighted by Crippen LogP contribution is -2.05. The van der Waals surface area contributed by atoms with Crippen LogP contribution in [0.3, 0.4) is 0 Å².